The lowest BCUT2D eigenvalue weighted by Gasteiger charge is -2.19. The Balaban J connectivity index is 1.73. The summed E-state index contributed by atoms with van der Waals surface area (Å²) >= 11 is 1.61. The lowest BCUT2D eigenvalue weighted by atomic mass is 10.0. The molecule has 0 fully saturated rings. The molecule has 1 amide bonds. The predicted octanol–water partition coefficient (Wildman–Crippen LogP) is 5.66. The lowest BCUT2D eigenvalue weighted by Crippen LogP contribution is -2.27. The third-order valence-corrected chi connectivity index (χ3v) is 5.95. The predicted molar refractivity (Wildman–Crippen MR) is 121 cm³/mol. The average molecular weight is 417 g/mol. The third kappa shape index (κ3) is 5.22. The van der Waals surface area contributed by atoms with Gasteiger partial charge in [0.05, 0.1) is 30.3 Å². The molecule has 0 radical (unpaired) electrons. The number of ether oxygens (including phenoxy) is 1. The van der Waals surface area contributed by atoms with E-state index in [1.165, 1.54) is 0 Å². The fourth-order valence-electron chi connectivity index (χ4n) is 3.16. The van der Waals surface area contributed by atoms with Crippen LogP contribution in [-0.4, -0.2) is 13.0 Å². The Kier molecular flexibility index (Phi) is 7.16. The molecule has 0 aliphatic heterocycles. The zero-order valence-corrected chi connectivity index (χ0v) is 18.1. The van der Waals surface area contributed by atoms with Gasteiger partial charge in [0.1, 0.15) is 5.75 Å². The molecular weight excluding hydrogens is 392 g/mol. The molecule has 5 heteroatoms. The minimum atomic E-state index is -0.191. The minimum Gasteiger partial charge on any atom is -0.496 e. The molecule has 0 heterocycles. The van der Waals surface area contributed by atoms with E-state index in [0.717, 1.165) is 33.1 Å². The molecular formula is C25H24N2O2S. The number of nitrogens with zero attached hydrogens (tertiary/aromatic N) is 1. The van der Waals surface area contributed by atoms with Crippen LogP contribution < -0.4 is 10.1 Å². The molecule has 152 valence electrons. The molecule has 0 unspecified atom stereocenters. The number of hydrogen-bond donors (Lipinski definition) is 1. The van der Waals surface area contributed by atoms with Crippen LogP contribution in [0.5, 0.6) is 5.75 Å². The first-order valence-electron chi connectivity index (χ1n) is 9.68. The van der Waals surface area contributed by atoms with Crippen molar-refractivity contribution >= 4 is 17.7 Å². The molecule has 0 saturated heterocycles. The number of rotatable bonds is 7. The summed E-state index contributed by atoms with van der Waals surface area (Å²) in [5.41, 5.74) is 4.46. The first-order valence-corrected chi connectivity index (χ1v) is 10.7. The number of aryl methyl sites for hydroxylation is 1. The monoisotopic (exact) mass is 416 g/mol. The van der Waals surface area contributed by atoms with Gasteiger partial charge in [-0.25, -0.2) is 0 Å². The zero-order chi connectivity index (χ0) is 21.5. The Morgan fingerprint density at radius 2 is 1.87 bits per heavy atom. The van der Waals surface area contributed by atoms with Gasteiger partial charge in [-0.15, -0.1) is 11.8 Å². The molecule has 1 N–H and O–H groups in total. The number of nitriles is 1. The topological polar surface area (TPSA) is 62.1 Å². The highest BCUT2D eigenvalue weighted by molar-refractivity contribution is 7.98. The highest BCUT2D eigenvalue weighted by Gasteiger charge is 2.17. The van der Waals surface area contributed by atoms with Gasteiger partial charge in [-0.1, -0.05) is 42.0 Å². The minimum absolute atomic E-state index is 0.117. The second-order valence-electron chi connectivity index (χ2n) is 7.03. The Hall–Kier alpha value is -3.23. The van der Waals surface area contributed by atoms with Gasteiger partial charge in [0.15, 0.2) is 0 Å². The first kappa shape index (κ1) is 21.5. The average Bonchev–Trinajstić information content (AvgIpc) is 2.78. The van der Waals surface area contributed by atoms with Crippen LogP contribution in [-0.2, 0) is 5.75 Å². The molecule has 30 heavy (non-hydrogen) atoms. The largest absolute Gasteiger partial charge is 0.496 e. The summed E-state index contributed by atoms with van der Waals surface area (Å²) in [6, 6.07) is 23.0. The first-order chi connectivity index (χ1) is 14.5. The van der Waals surface area contributed by atoms with Crippen molar-refractivity contribution in [2.45, 2.75) is 30.5 Å². The van der Waals surface area contributed by atoms with E-state index in [2.05, 4.69) is 11.4 Å². The van der Waals surface area contributed by atoms with Crippen molar-refractivity contribution in [1.29, 1.82) is 5.26 Å². The standard InChI is InChI=1S/C25H24N2O2S/c1-17-8-13-23(29-3)22(14-17)18(2)27-25(28)21-6-4-5-7-24(21)30-16-20-11-9-19(15-26)10-12-20/h4-14,18H,16H2,1-3H3,(H,27,28)/t18-/m0/s1. The van der Waals surface area contributed by atoms with E-state index in [9.17, 15) is 4.79 Å². The molecule has 3 aromatic rings. The molecule has 3 aromatic carbocycles. The number of thioether (sulfide) groups is 1. The van der Waals surface area contributed by atoms with Gasteiger partial charge in [0.2, 0.25) is 0 Å². The van der Waals surface area contributed by atoms with Crippen LogP contribution in [0.2, 0.25) is 0 Å². The summed E-state index contributed by atoms with van der Waals surface area (Å²) in [7, 11) is 1.64. The number of carbonyl (C=O) groups excluding carboxylic acids is 1. The maximum Gasteiger partial charge on any atom is 0.252 e. The van der Waals surface area contributed by atoms with Gasteiger partial charge in [-0.2, -0.15) is 5.26 Å². The SMILES string of the molecule is COc1ccc(C)cc1[C@H](C)NC(=O)c1ccccc1SCc1ccc(C#N)cc1. The summed E-state index contributed by atoms with van der Waals surface area (Å²) in [6.45, 7) is 3.98. The van der Waals surface area contributed by atoms with Crippen LogP contribution in [0.15, 0.2) is 71.6 Å². The second-order valence-corrected chi connectivity index (χ2v) is 8.05. The van der Waals surface area contributed by atoms with Gasteiger partial charge >= 0.3 is 0 Å². The van der Waals surface area contributed by atoms with E-state index in [1.54, 1.807) is 18.9 Å². The quantitative estimate of drug-likeness (QED) is 0.505. The van der Waals surface area contributed by atoms with Crippen molar-refractivity contribution in [3.63, 3.8) is 0 Å². The maximum absolute atomic E-state index is 13.0. The van der Waals surface area contributed by atoms with E-state index in [-0.39, 0.29) is 11.9 Å². The smallest absolute Gasteiger partial charge is 0.252 e. The molecule has 3 rings (SSSR count). The molecule has 0 saturated carbocycles. The van der Waals surface area contributed by atoms with Crippen molar-refractivity contribution in [2.75, 3.05) is 7.11 Å². The molecule has 0 spiro atoms. The second kappa shape index (κ2) is 10.00. The fourth-order valence-corrected chi connectivity index (χ4v) is 4.17. The Bertz CT molecular complexity index is 1070. The third-order valence-electron chi connectivity index (χ3n) is 4.81. The van der Waals surface area contributed by atoms with Gasteiger partial charge in [-0.05, 0) is 49.7 Å². The van der Waals surface area contributed by atoms with Crippen molar-refractivity contribution in [3.8, 4) is 11.8 Å². The van der Waals surface area contributed by atoms with E-state index < -0.39 is 0 Å². The number of hydrogen-bond acceptors (Lipinski definition) is 4. The Labute approximate surface area is 181 Å². The van der Waals surface area contributed by atoms with Crippen LogP contribution >= 0.6 is 11.8 Å². The van der Waals surface area contributed by atoms with Gasteiger partial charge < -0.3 is 10.1 Å². The Morgan fingerprint density at radius 1 is 1.13 bits per heavy atom. The summed E-state index contributed by atoms with van der Waals surface area (Å²) < 4.78 is 5.46. The highest BCUT2D eigenvalue weighted by Crippen LogP contribution is 2.29. The molecule has 4 nitrogen and oxygen atoms in total. The van der Waals surface area contributed by atoms with E-state index in [4.69, 9.17) is 10.00 Å². The number of methoxy groups -OCH3 is 1. The number of benzene rings is 3. The summed E-state index contributed by atoms with van der Waals surface area (Å²) in [6.07, 6.45) is 0. The summed E-state index contributed by atoms with van der Waals surface area (Å²) in [5.74, 6) is 1.36. The van der Waals surface area contributed by atoms with E-state index in [1.807, 2.05) is 80.6 Å². The zero-order valence-electron chi connectivity index (χ0n) is 17.3. The van der Waals surface area contributed by atoms with Crippen molar-refractivity contribution in [2.24, 2.45) is 0 Å². The van der Waals surface area contributed by atoms with Crippen LogP contribution in [0.1, 0.15) is 45.6 Å². The summed E-state index contributed by atoms with van der Waals surface area (Å²) in [5, 5.41) is 12.0. The molecule has 1 atom stereocenters. The molecule has 0 bridgehead atoms. The van der Waals surface area contributed by atoms with Gasteiger partial charge in [-0.3, -0.25) is 4.79 Å². The van der Waals surface area contributed by atoms with E-state index >= 15 is 0 Å². The van der Waals surface area contributed by atoms with Gasteiger partial charge in [0, 0.05) is 16.2 Å². The highest BCUT2D eigenvalue weighted by atomic mass is 32.2. The number of carbonyl (C=O) groups is 1. The van der Waals surface area contributed by atoms with Gasteiger partial charge in [0.25, 0.3) is 5.91 Å². The van der Waals surface area contributed by atoms with Crippen LogP contribution in [0.25, 0.3) is 0 Å². The van der Waals surface area contributed by atoms with Crippen LogP contribution in [0.3, 0.4) is 0 Å². The molecule has 0 aliphatic carbocycles. The fraction of sp³-hybridized carbons (Fsp3) is 0.200. The number of nitrogens with one attached hydrogen (secondary N) is 1. The van der Waals surface area contributed by atoms with Crippen molar-refractivity contribution in [3.05, 3.63) is 94.5 Å². The lowest BCUT2D eigenvalue weighted by molar-refractivity contribution is 0.0936. The molecule has 0 aliphatic rings. The van der Waals surface area contributed by atoms with E-state index in [0.29, 0.717) is 11.1 Å². The van der Waals surface area contributed by atoms with Crippen molar-refractivity contribution in [1.82, 2.24) is 5.32 Å². The summed E-state index contributed by atoms with van der Waals surface area (Å²) in [4.78, 5) is 13.9. The Morgan fingerprint density at radius 3 is 2.57 bits per heavy atom. The normalized spacial score (nSPS) is 11.4. The van der Waals surface area contributed by atoms with Crippen LogP contribution in [0, 0.1) is 18.3 Å². The van der Waals surface area contributed by atoms with Crippen molar-refractivity contribution < 1.29 is 9.53 Å². The molecule has 0 aromatic heterocycles. The number of amides is 1. The van der Waals surface area contributed by atoms with Crippen LogP contribution in [0.4, 0.5) is 0 Å². The maximum atomic E-state index is 13.0.